The van der Waals surface area contributed by atoms with Gasteiger partial charge in [0.2, 0.25) is 0 Å². The monoisotopic (exact) mass is 472 g/mol. The minimum absolute atomic E-state index is 0.000806. The van der Waals surface area contributed by atoms with Gasteiger partial charge in [-0.3, -0.25) is 0 Å². The number of nitrogens with zero attached hydrogens (tertiary/aromatic N) is 2. The first-order valence-electron chi connectivity index (χ1n) is 8.58. The third kappa shape index (κ3) is 3.11. The van der Waals surface area contributed by atoms with Gasteiger partial charge in [-0.25, -0.2) is 4.45 Å². The van der Waals surface area contributed by atoms with Gasteiger partial charge in [-0.1, -0.05) is 0 Å². The molecule has 0 amide bonds. The van der Waals surface area contributed by atoms with Crippen molar-refractivity contribution in [3.63, 3.8) is 0 Å². The smallest absolute Gasteiger partial charge is 0.488 e. The molecule has 2 aromatic rings. The molecule has 1 aliphatic carbocycles. The van der Waals surface area contributed by atoms with Gasteiger partial charge in [0.25, 0.3) is 0 Å². The maximum absolute atomic E-state index is 6.23. The van der Waals surface area contributed by atoms with Gasteiger partial charge in [0, 0.05) is 5.39 Å². The molecule has 1 atom stereocenters. The molecule has 1 unspecified atom stereocenters. The highest BCUT2D eigenvalue weighted by atomic mass is 127. The molecular weight excluding hydrogens is 449 g/mol. The predicted molar refractivity (Wildman–Crippen MR) is 111 cm³/mol. The topological polar surface area (TPSA) is 45.5 Å². The highest BCUT2D eigenvalue weighted by Crippen LogP contribution is 2.41. The second-order valence-corrected chi connectivity index (χ2v) is 10.2. The zero-order valence-electron chi connectivity index (χ0n) is 15.2. The molecule has 1 saturated carbocycles. The second-order valence-electron chi connectivity index (χ2n) is 8.20. The number of benzene rings is 1. The maximum atomic E-state index is 6.23. The van der Waals surface area contributed by atoms with Gasteiger partial charge < -0.3 is 14.0 Å². The summed E-state index contributed by atoms with van der Waals surface area (Å²) >= 11 is 2.35. The second kappa shape index (κ2) is 5.81. The summed E-state index contributed by atoms with van der Waals surface area (Å²) in [6.45, 7) is 10.4. The Balaban J connectivity index is 1.76. The van der Waals surface area contributed by atoms with Gasteiger partial charge >= 0.3 is 7.12 Å². The largest absolute Gasteiger partial charge is 0.517 e. The van der Waals surface area contributed by atoms with Crippen LogP contribution in [0.2, 0.25) is 0 Å². The lowest BCUT2D eigenvalue weighted by atomic mass is 9.82. The van der Waals surface area contributed by atoms with Gasteiger partial charge in [-0.15, -0.1) is 0 Å². The molecular formula is C17H23BIN2O3P. The third-order valence-corrected chi connectivity index (χ3v) is 7.43. The van der Waals surface area contributed by atoms with Gasteiger partial charge in [0.15, 0.2) is 0 Å². The van der Waals surface area contributed by atoms with E-state index in [9.17, 15) is 0 Å². The highest BCUT2D eigenvalue weighted by Gasteiger charge is 2.53. The SMILES string of the molecule is CC1(Oc2ccc3c(c2)c(B2OC(C)(C)C(C)(C)O2)nn3PI)CC1. The Morgan fingerprint density at radius 1 is 1.16 bits per heavy atom. The zero-order chi connectivity index (χ0) is 18.0. The van der Waals surface area contributed by atoms with Crippen LogP contribution in [0.15, 0.2) is 18.2 Å². The molecule has 25 heavy (non-hydrogen) atoms. The summed E-state index contributed by atoms with van der Waals surface area (Å²) in [4.78, 5) is 0. The van der Waals surface area contributed by atoms with E-state index in [0.717, 1.165) is 35.1 Å². The predicted octanol–water partition coefficient (Wildman–Crippen LogP) is 4.06. The molecule has 1 aliphatic heterocycles. The Bertz CT molecular complexity index is 819. The van der Waals surface area contributed by atoms with Crippen molar-refractivity contribution in [3.05, 3.63) is 18.2 Å². The molecule has 0 spiro atoms. The van der Waals surface area contributed by atoms with Crippen LogP contribution in [0.5, 0.6) is 5.75 Å². The van der Waals surface area contributed by atoms with Crippen molar-refractivity contribution in [1.82, 2.24) is 9.55 Å². The van der Waals surface area contributed by atoms with Crippen molar-refractivity contribution in [3.8, 4) is 5.75 Å². The van der Waals surface area contributed by atoms with Crippen molar-refractivity contribution in [2.75, 3.05) is 0 Å². The summed E-state index contributed by atoms with van der Waals surface area (Å²) in [5, 5.41) is 5.84. The molecule has 1 aromatic carbocycles. The molecule has 2 heterocycles. The number of hydrogen-bond donors (Lipinski definition) is 0. The lowest BCUT2D eigenvalue weighted by Gasteiger charge is -2.32. The summed E-state index contributed by atoms with van der Waals surface area (Å²) in [5.74, 6) is 0.890. The Morgan fingerprint density at radius 3 is 2.36 bits per heavy atom. The number of fused-ring (bicyclic) bond motifs is 1. The molecule has 134 valence electrons. The van der Waals surface area contributed by atoms with E-state index in [4.69, 9.17) is 19.1 Å². The van der Waals surface area contributed by atoms with Crippen molar-refractivity contribution in [2.45, 2.75) is 64.3 Å². The number of hydrogen-bond acceptors (Lipinski definition) is 4. The Morgan fingerprint density at radius 2 is 1.80 bits per heavy atom. The Kier molecular flexibility index (Phi) is 4.19. The molecule has 2 aliphatic rings. The van der Waals surface area contributed by atoms with E-state index in [1.165, 1.54) is 0 Å². The summed E-state index contributed by atoms with van der Waals surface area (Å²) in [5.41, 5.74) is 1.17. The third-order valence-electron chi connectivity index (χ3n) is 5.55. The molecule has 0 N–H and O–H groups in total. The number of rotatable bonds is 4. The van der Waals surface area contributed by atoms with E-state index in [2.05, 4.69) is 68.8 Å². The fourth-order valence-electron chi connectivity index (χ4n) is 2.94. The highest BCUT2D eigenvalue weighted by molar-refractivity contribution is 14.2. The van der Waals surface area contributed by atoms with Crippen LogP contribution < -0.4 is 10.3 Å². The first-order chi connectivity index (χ1) is 11.6. The summed E-state index contributed by atoms with van der Waals surface area (Å²) < 4.78 is 20.6. The molecule has 2 fully saturated rings. The van der Waals surface area contributed by atoms with Crippen LogP contribution in [0.3, 0.4) is 0 Å². The Labute approximate surface area is 163 Å². The molecule has 5 nitrogen and oxygen atoms in total. The van der Waals surface area contributed by atoms with Crippen molar-refractivity contribution in [2.24, 2.45) is 0 Å². The van der Waals surface area contributed by atoms with E-state index in [1.807, 2.05) is 10.5 Å². The average molecular weight is 472 g/mol. The first-order valence-corrected chi connectivity index (χ1v) is 12.6. The van der Waals surface area contributed by atoms with Crippen molar-refractivity contribution >= 4 is 52.0 Å². The molecule has 1 aromatic heterocycles. The van der Waals surface area contributed by atoms with E-state index in [0.29, 0.717) is 6.37 Å². The van der Waals surface area contributed by atoms with E-state index in [-0.39, 0.29) is 16.8 Å². The normalized spacial score (nSPS) is 23.7. The fraction of sp³-hybridized carbons (Fsp3) is 0.588. The quantitative estimate of drug-likeness (QED) is 0.383. The standard InChI is InChI=1S/C17H23BIN2O3P/c1-15(2)16(3,4)24-18(23-15)14-12-10-11(22-17(5)8-9-17)6-7-13(12)21(20-14)25-19/h6-7,10,25H,8-9H2,1-5H3. The van der Waals surface area contributed by atoms with Crippen LogP contribution in [0.25, 0.3) is 10.9 Å². The number of halogens is 1. The molecule has 8 heteroatoms. The molecule has 1 saturated heterocycles. The van der Waals surface area contributed by atoms with Gasteiger partial charge in [-0.2, -0.15) is 5.10 Å². The summed E-state index contributed by atoms with van der Waals surface area (Å²) in [6.07, 6.45) is 2.74. The van der Waals surface area contributed by atoms with Crippen LogP contribution in [-0.2, 0) is 9.31 Å². The van der Waals surface area contributed by atoms with Crippen LogP contribution in [0.1, 0.15) is 47.5 Å². The van der Waals surface area contributed by atoms with Gasteiger partial charge in [0.05, 0.1) is 23.1 Å². The van der Waals surface area contributed by atoms with Crippen LogP contribution in [0, 0.1) is 0 Å². The van der Waals surface area contributed by atoms with Crippen molar-refractivity contribution < 1.29 is 14.0 Å². The lowest BCUT2D eigenvalue weighted by Crippen LogP contribution is -2.41. The average Bonchev–Trinajstić information content (AvgIpc) is 3.05. The van der Waals surface area contributed by atoms with Crippen LogP contribution in [0.4, 0.5) is 0 Å². The van der Waals surface area contributed by atoms with Crippen molar-refractivity contribution in [1.29, 1.82) is 0 Å². The summed E-state index contributed by atoms with van der Waals surface area (Å²) in [6, 6.07) is 6.21. The minimum atomic E-state index is -0.465. The zero-order valence-corrected chi connectivity index (χ0v) is 18.4. The van der Waals surface area contributed by atoms with E-state index < -0.39 is 7.12 Å². The van der Waals surface area contributed by atoms with Crippen LogP contribution in [-0.4, -0.2) is 33.5 Å². The van der Waals surface area contributed by atoms with E-state index >= 15 is 0 Å². The fourth-order valence-corrected chi connectivity index (χ4v) is 4.47. The Hall–Kier alpha value is -0.365. The lowest BCUT2D eigenvalue weighted by molar-refractivity contribution is 0.00578. The maximum Gasteiger partial charge on any atom is 0.517 e. The first kappa shape index (κ1) is 18.0. The molecule has 0 bridgehead atoms. The van der Waals surface area contributed by atoms with Gasteiger partial charge in [-0.05, 0) is 87.7 Å². The van der Waals surface area contributed by atoms with E-state index in [1.54, 1.807) is 0 Å². The number of ether oxygens (including phenoxy) is 1. The van der Waals surface area contributed by atoms with Gasteiger partial charge in [0.1, 0.15) is 16.9 Å². The molecule has 4 rings (SSSR count). The van der Waals surface area contributed by atoms with Crippen LogP contribution >= 0.6 is 28.4 Å². The summed E-state index contributed by atoms with van der Waals surface area (Å²) in [7, 11) is -0.465. The molecule has 0 radical (unpaired) electrons. The number of aromatic nitrogens is 2. The minimum Gasteiger partial charge on any atom is -0.488 e.